The SMILES string of the molecule is C=CC1=CC2(O[Si](C(C)C)(C(C)C)C(C)C)CCC1C(COCc1ccccc1)C2C(=O)O. The highest BCUT2D eigenvalue weighted by Crippen LogP contribution is 2.56. The van der Waals surface area contributed by atoms with Gasteiger partial charge in [-0.15, -0.1) is 0 Å². The first-order valence-electron chi connectivity index (χ1n) is 12.5. The van der Waals surface area contributed by atoms with E-state index in [1.54, 1.807) is 0 Å². The van der Waals surface area contributed by atoms with E-state index in [1.807, 2.05) is 36.4 Å². The Morgan fingerprint density at radius 3 is 2.27 bits per heavy atom. The molecule has 4 rings (SSSR count). The molecule has 0 amide bonds. The molecule has 4 unspecified atom stereocenters. The van der Waals surface area contributed by atoms with Crippen LogP contribution in [0.15, 0.2) is 54.6 Å². The van der Waals surface area contributed by atoms with E-state index < -0.39 is 25.8 Å². The molecule has 182 valence electrons. The molecule has 2 bridgehead atoms. The van der Waals surface area contributed by atoms with Gasteiger partial charge in [-0.25, -0.2) is 0 Å². The van der Waals surface area contributed by atoms with E-state index in [1.165, 1.54) is 0 Å². The first-order chi connectivity index (χ1) is 15.6. The molecule has 3 aliphatic rings. The average Bonchev–Trinajstić information content (AvgIpc) is 2.77. The molecule has 1 aromatic rings. The molecule has 3 aliphatic carbocycles. The quantitative estimate of drug-likeness (QED) is 0.354. The van der Waals surface area contributed by atoms with E-state index in [0.717, 1.165) is 24.0 Å². The average molecular weight is 471 g/mol. The fourth-order valence-corrected chi connectivity index (χ4v) is 12.5. The van der Waals surface area contributed by atoms with Gasteiger partial charge in [-0.05, 0) is 52.6 Å². The smallest absolute Gasteiger partial charge is 0.310 e. The Bertz CT molecular complexity index is 838. The number of benzene rings is 1. The van der Waals surface area contributed by atoms with Crippen LogP contribution >= 0.6 is 0 Å². The van der Waals surface area contributed by atoms with Gasteiger partial charge in [-0.2, -0.15) is 0 Å². The molecule has 1 saturated carbocycles. The van der Waals surface area contributed by atoms with Gasteiger partial charge in [0, 0.05) is 5.92 Å². The Kier molecular flexibility index (Phi) is 8.08. The lowest BCUT2D eigenvalue weighted by Crippen LogP contribution is -2.63. The predicted octanol–water partition coefficient (Wildman–Crippen LogP) is 6.99. The van der Waals surface area contributed by atoms with Gasteiger partial charge in [0.1, 0.15) is 0 Å². The van der Waals surface area contributed by atoms with Crippen molar-refractivity contribution in [2.45, 2.75) is 83.2 Å². The standard InChI is InChI=1S/C28H42O4Si/c1-8-23-16-28(32-33(19(2)3,20(4)5)21(6)7)15-14-24(23)25(26(28)27(29)30)18-31-17-22-12-10-9-11-13-22/h8-13,16,19-21,24-26H,1,14-15,17-18H2,2-7H3,(H,29,30). The Hall–Kier alpha value is -1.69. The number of fused-ring (bicyclic) bond motifs is 2. The summed E-state index contributed by atoms with van der Waals surface area (Å²) in [5.74, 6) is -1.36. The highest BCUT2D eigenvalue weighted by molar-refractivity contribution is 6.77. The minimum absolute atomic E-state index is 0.129. The molecule has 1 fully saturated rings. The normalized spacial score (nSPS) is 27.3. The van der Waals surface area contributed by atoms with E-state index in [-0.39, 0.29) is 11.8 Å². The van der Waals surface area contributed by atoms with E-state index in [2.05, 4.69) is 54.2 Å². The summed E-state index contributed by atoms with van der Waals surface area (Å²) in [6, 6.07) is 10.1. The van der Waals surface area contributed by atoms with Crippen molar-refractivity contribution in [1.82, 2.24) is 0 Å². The van der Waals surface area contributed by atoms with Crippen molar-refractivity contribution in [3.63, 3.8) is 0 Å². The molecule has 0 saturated heterocycles. The maximum absolute atomic E-state index is 12.8. The van der Waals surface area contributed by atoms with Crippen molar-refractivity contribution in [3.05, 3.63) is 60.2 Å². The third-order valence-electron chi connectivity index (χ3n) is 8.15. The molecule has 0 aliphatic heterocycles. The minimum Gasteiger partial charge on any atom is -0.481 e. The van der Waals surface area contributed by atoms with Gasteiger partial charge in [-0.1, -0.05) is 84.5 Å². The van der Waals surface area contributed by atoms with Crippen LogP contribution in [0, 0.1) is 17.8 Å². The lowest BCUT2D eigenvalue weighted by molar-refractivity contribution is -0.162. The summed E-state index contributed by atoms with van der Waals surface area (Å²) >= 11 is 0. The predicted molar refractivity (Wildman–Crippen MR) is 137 cm³/mol. The second-order valence-corrected chi connectivity index (χ2v) is 16.2. The topological polar surface area (TPSA) is 55.8 Å². The van der Waals surface area contributed by atoms with Crippen LogP contribution < -0.4 is 0 Å². The Morgan fingerprint density at radius 1 is 1.15 bits per heavy atom. The van der Waals surface area contributed by atoms with Gasteiger partial charge in [0.2, 0.25) is 8.32 Å². The number of rotatable bonds is 11. The molecule has 5 heteroatoms. The number of allylic oxidation sites excluding steroid dienone is 2. The maximum Gasteiger partial charge on any atom is 0.310 e. The molecule has 0 aromatic heterocycles. The summed E-state index contributed by atoms with van der Waals surface area (Å²) in [5, 5.41) is 10.5. The molecule has 33 heavy (non-hydrogen) atoms. The van der Waals surface area contributed by atoms with Crippen LogP contribution in [-0.4, -0.2) is 31.6 Å². The van der Waals surface area contributed by atoms with Crippen molar-refractivity contribution < 1.29 is 19.1 Å². The Morgan fingerprint density at radius 2 is 1.76 bits per heavy atom. The van der Waals surface area contributed by atoms with Crippen LogP contribution in [0.3, 0.4) is 0 Å². The van der Waals surface area contributed by atoms with Gasteiger partial charge in [0.15, 0.2) is 0 Å². The van der Waals surface area contributed by atoms with Crippen LogP contribution in [0.25, 0.3) is 0 Å². The molecule has 1 N–H and O–H groups in total. The van der Waals surface area contributed by atoms with Crippen molar-refractivity contribution in [3.8, 4) is 0 Å². The fourth-order valence-electron chi connectivity index (χ4n) is 6.84. The number of carbonyl (C=O) groups is 1. The van der Waals surface area contributed by atoms with Crippen molar-refractivity contribution in [2.75, 3.05) is 6.61 Å². The first kappa shape index (κ1) is 25.9. The van der Waals surface area contributed by atoms with Crippen molar-refractivity contribution >= 4 is 14.3 Å². The second-order valence-electron chi connectivity index (χ2n) is 10.8. The third-order valence-corrected chi connectivity index (χ3v) is 14.3. The van der Waals surface area contributed by atoms with Crippen LogP contribution in [0.1, 0.15) is 59.9 Å². The largest absolute Gasteiger partial charge is 0.481 e. The summed E-state index contributed by atoms with van der Waals surface area (Å²) in [6.07, 6.45) is 5.71. The van der Waals surface area contributed by atoms with Crippen LogP contribution in [0.2, 0.25) is 16.6 Å². The molecule has 0 heterocycles. The number of carboxylic acid groups (broad SMARTS) is 1. The molecule has 0 radical (unpaired) electrons. The van der Waals surface area contributed by atoms with Crippen LogP contribution in [0.5, 0.6) is 0 Å². The lowest BCUT2D eigenvalue weighted by Gasteiger charge is -2.57. The van der Waals surface area contributed by atoms with Crippen molar-refractivity contribution in [2.24, 2.45) is 17.8 Å². The zero-order valence-electron chi connectivity index (χ0n) is 21.2. The zero-order chi connectivity index (χ0) is 24.4. The summed E-state index contributed by atoms with van der Waals surface area (Å²) < 4.78 is 13.5. The lowest BCUT2D eigenvalue weighted by atomic mass is 9.57. The fraction of sp³-hybridized carbons (Fsp3) is 0.607. The van der Waals surface area contributed by atoms with E-state index in [0.29, 0.717) is 29.8 Å². The summed E-state index contributed by atoms with van der Waals surface area (Å²) in [7, 11) is -2.31. The van der Waals surface area contributed by atoms with E-state index >= 15 is 0 Å². The summed E-state index contributed by atoms with van der Waals surface area (Å²) in [4.78, 5) is 12.8. The van der Waals surface area contributed by atoms with E-state index in [4.69, 9.17) is 9.16 Å². The molecule has 0 spiro atoms. The van der Waals surface area contributed by atoms with Crippen molar-refractivity contribution in [1.29, 1.82) is 0 Å². The first-order valence-corrected chi connectivity index (χ1v) is 14.6. The Balaban J connectivity index is 1.98. The van der Waals surface area contributed by atoms with E-state index in [9.17, 15) is 9.90 Å². The molecule has 4 nitrogen and oxygen atoms in total. The Labute approximate surface area is 201 Å². The highest BCUT2D eigenvalue weighted by atomic mass is 28.4. The number of aliphatic carboxylic acids is 1. The zero-order valence-corrected chi connectivity index (χ0v) is 22.2. The summed E-state index contributed by atoms with van der Waals surface area (Å²) in [6.45, 7) is 18.5. The molecule has 4 atom stereocenters. The number of hydrogen-bond donors (Lipinski definition) is 1. The number of ether oxygens (including phenoxy) is 1. The molecule has 1 aromatic carbocycles. The van der Waals surface area contributed by atoms with Crippen LogP contribution in [0.4, 0.5) is 0 Å². The van der Waals surface area contributed by atoms with Gasteiger partial charge in [-0.3, -0.25) is 4.79 Å². The molecular formula is C28H42O4Si. The monoisotopic (exact) mass is 470 g/mol. The summed E-state index contributed by atoms with van der Waals surface area (Å²) in [5.41, 5.74) is 2.58. The van der Waals surface area contributed by atoms with Gasteiger partial charge >= 0.3 is 5.97 Å². The second kappa shape index (κ2) is 10.3. The molecular weight excluding hydrogens is 428 g/mol. The van der Waals surface area contributed by atoms with Gasteiger partial charge in [0.25, 0.3) is 0 Å². The number of carboxylic acids is 1. The third kappa shape index (κ3) is 4.78. The number of hydrogen-bond acceptors (Lipinski definition) is 3. The highest BCUT2D eigenvalue weighted by Gasteiger charge is 2.61. The maximum atomic E-state index is 12.8. The van der Waals surface area contributed by atoms with Gasteiger partial charge < -0.3 is 14.3 Å². The van der Waals surface area contributed by atoms with Gasteiger partial charge in [0.05, 0.1) is 24.7 Å². The minimum atomic E-state index is -2.31. The van der Waals surface area contributed by atoms with Crippen LogP contribution in [-0.2, 0) is 20.6 Å².